The van der Waals surface area contributed by atoms with Gasteiger partial charge < -0.3 is 5.73 Å². The number of fused-ring (bicyclic) bond motifs is 1. The second-order valence-electron chi connectivity index (χ2n) is 5.44. The van der Waals surface area contributed by atoms with E-state index in [4.69, 9.17) is 5.73 Å². The fourth-order valence-corrected chi connectivity index (χ4v) is 2.97. The Balaban J connectivity index is 2.02. The maximum Gasteiger partial charge on any atom is 0.416 e. The predicted octanol–water partition coefficient (Wildman–Crippen LogP) is 2.86. The molecule has 0 aliphatic carbocycles. The second kappa shape index (κ2) is 4.75. The monoisotopic (exact) mass is 296 g/mol. The topological polar surface area (TPSA) is 56.7 Å². The van der Waals surface area contributed by atoms with Crippen LogP contribution < -0.4 is 5.73 Å². The lowest BCUT2D eigenvalue weighted by Gasteiger charge is -2.31. The number of nitrogens with two attached hydrogens (primary N) is 1. The molecular weight excluding hydrogens is 281 g/mol. The molecule has 0 fully saturated rings. The van der Waals surface area contributed by atoms with Gasteiger partial charge in [0.05, 0.1) is 12.1 Å². The minimum absolute atomic E-state index is 0.0459. The molecule has 2 unspecified atom stereocenters. The van der Waals surface area contributed by atoms with E-state index < -0.39 is 11.7 Å². The molecule has 1 aromatic heterocycles. The Morgan fingerprint density at radius 3 is 2.71 bits per heavy atom. The standard InChI is InChI=1S/C14H15F3N4/c1-8-6-12-19-13(18)20-21(12)7-10(8)9-4-2-3-5-11(9)14(15,16)17/h2-5,8,10H,6-7H2,1H3,(H2,18,20). The molecule has 112 valence electrons. The molecule has 2 aromatic rings. The predicted molar refractivity (Wildman–Crippen MR) is 71.5 cm³/mol. The highest BCUT2D eigenvalue weighted by atomic mass is 19.4. The first kappa shape index (κ1) is 13.9. The Morgan fingerprint density at radius 2 is 2.00 bits per heavy atom. The van der Waals surface area contributed by atoms with E-state index in [2.05, 4.69) is 10.1 Å². The summed E-state index contributed by atoms with van der Waals surface area (Å²) in [6.07, 6.45) is -3.78. The van der Waals surface area contributed by atoms with Gasteiger partial charge in [0, 0.05) is 12.3 Å². The lowest BCUT2D eigenvalue weighted by molar-refractivity contribution is -0.138. The summed E-state index contributed by atoms with van der Waals surface area (Å²) in [4.78, 5) is 4.11. The third-order valence-electron chi connectivity index (χ3n) is 3.99. The molecule has 3 rings (SSSR count). The van der Waals surface area contributed by atoms with Crippen LogP contribution in [0.3, 0.4) is 0 Å². The van der Waals surface area contributed by atoms with E-state index in [0.717, 1.165) is 11.9 Å². The van der Waals surface area contributed by atoms with Crippen LogP contribution in [0.1, 0.15) is 29.8 Å². The van der Waals surface area contributed by atoms with Crippen molar-refractivity contribution in [3.05, 3.63) is 41.2 Å². The van der Waals surface area contributed by atoms with Crippen LogP contribution in [0.4, 0.5) is 19.1 Å². The summed E-state index contributed by atoms with van der Waals surface area (Å²) in [5.41, 5.74) is 5.31. The average molecular weight is 296 g/mol. The van der Waals surface area contributed by atoms with Crippen LogP contribution in [0.2, 0.25) is 0 Å². The van der Waals surface area contributed by atoms with E-state index in [0.29, 0.717) is 18.5 Å². The zero-order chi connectivity index (χ0) is 15.2. The van der Waals surface area contributed by atoms with Crippen molar-refractivity contribution in [2.75, 3.05) is 5.73 Å². The summed E-state index contributed by atoms with van der Waals surface area (Å²) in [7, 11) is 0. The van der Waals surface area contributed by atoms with Crippen molar-refractivity contribution in [2.45, 2.75) is 32.0 Å². The van der Waals surface area contributed by atoms with Gasteiger partial charge in [-0.15, -0.1) is 5.10 Å². The number of benzene rings is 1. The van der Waals surface area contributed by atoms with E-state index >= 15 is 0 Å². The molecule has 0 amide bonds. The van der Waals surface area contributed by atoms with Gasteiger partial charge in [-0.1, -0.05) is 25.1 Å². The molecule has 1 aliphatic rings. The molecule has 0 radical (unpaired) electrons. The first-order valence-electron chi connectivity index (χ1n) is 6.71. The number of rotatable bonds is 1. The van der Waals surface area contributed by atoms with Crippen molar-refractivity contribution in [2.24, 2.45) is 5.92 Å². The lowest BCUT2D eigenvalue weighted by atomic mass is 9.81. The SMILES string of the molecule is CC1Cc2nc(N)nn2CC1c1ccccc1C(F)(F)F. The Kier molecular flexibility index (Phi) is 3.15. The Labute approximate surface area is 119 Å². The highest BCUT2D eigenvalue weighted by Crippen LogP contribution is 2.40. The molecule has 21 heavy (non-hydrogen) atoms. The molecule has 0 saturated carbocycles. The minimum atomic E-state index is -4.35. The molecule has 2 N–H and O–H groups in total. The molecule has 0 saturated heterocycles. The molecule has 4 nitrogen and oxygen atoms in total. The van der Waals surface area contributed by atoms with Gasteiger partial charge in [0.25, 0.3) is 0 Å². The van der Waals surface area contributed by atoms with Crippen molar-refractivity contribution in [3.8, 4) is 0 Å². The average Bonchev–Trinajstić information content (AvgIpc) is 2.76. The van der Waals surface area contributed by atoms with Gasteiger partial charge in [-0.3, -0.25) is 0 Å². The third kappa shape index (κ3) is 2.48. The van der Waals surface area contributed by atoms with E-state index in [9.17, 15) is 13.2 Å². The fraction of sp³-hybridized carbons (Fsp3) is 0.429. The van der Waals surface area contributed by atoms with Gasteiger partial charge in [-0.2, -0.15) is 18.2 Å². The van der Waals surface area contributed by atoms with Crippen molar-refractivity contribution >= 4 is 5.95 Å². The van der Waals surface area contributed by atoms with Gasteiger partial charge in [0.1, 0.15) is 5.82 Å². The molecule has 0 spiro atoms. The third-order valence-corrected chi connectivity index (χ3v) is 3.99. The largest absolute Gasteiger partial charge is 0.416 e. The number of hydrogen-bond acceptors (Lipinski definition) is 3. The van der Waals surface area contributed by atoms with Crippen LogP contribution in [0.15, 0.2) is 24.3 Å². The number of hydrogen-bond donors (Lipinski definition) is 1. The van der Waals surface area contributed by atoms with Crippen molar-refractivity contribution in [3.63, 3.8) is 0 Å². The lowest BCUT2D eigenvalue weighted by Crippen LogP contribution is -2.28. The van der Waals surface area contributed by atoms with Crippen LogP contribution >= 0.6 is 0 Å². The molecule has 1 aromatic carbocycles. The van der Waals surface area contributed by atoms with Gasteiger partial charge in [0.2, 0.25) is 5.95 Å². The Bertz CT molecular complexity index is 662. The maximum atomic E-state index is 13.2. The summed E-state index contributed by atoms with van der Waals surface area (Å²) in [6, 6.07) is 5.74. The van der Waals surface area contributed by atoms with Crippen LogP contribution in [0, 0.1) is 5.92 Å². The zero-order valence-corrected chi connectivity index (χ0v) is 11.4. The zero-order valence-electron chi connectivity index (χ0n) is 11.4. The van der Waals surface area contributed by atoms with Crippen LogP contribution in [0.25, 0.3) is 0 Å². The molecule has 1 aliphatic heterocycles. The fourth-order valence-electron chi connectivity index (χ4n) is 2.97. The van der Waals surface area contributed by atoms with Crippen molar-refractivity contribution in [1.29, 1.82) is 0 Å². The summed E-state index contributed by atoms with van der Waals surface area (Å²) in [5, 5.41) is 4.06. The number of anilines is 1. The quantitative estimate of drug-likeness (QED) is 0.880. The van der Waals surface area contributed by atoms with E-state index in [1.807, 2.05) is 6.92 Å². The van der Waals surface area contributed by atoms with Crippen molar-refractivity contribution in [1.82, 2.24) is 14.8 Å². The van der Waals surface area contributed by atoms with Gasteiger partial charge in [0.15, 0.2) is 0 Å². The van der Waals surface area contributed by atoms with E-state index in [1.54, 1.807) is 16.8 Å². The second-order valence-corrected chi connectivity index (χ2v) is 5.44. The van der Waals surface area contributed by atoms with Crippen LogP contribution in [0.5, 0.6) is 0 Å². The number of nitrogen functional groups attached to an aromatic ring is 1. The maximum absolute atomic E-state index is 13.2. The minimum Gasteiger partial charge on any atom is -0.366 e. The smallest absolute Gasteiger partial charge is 0.366 e. The highest BCUT2D eigenvalue weighted by Gasteiger charge is 2.38. The molecule has 7 heteroatoms. The van der Waals surface area contributed by atoms with Crippen LogP contribution in [-0.2, 0) is 19.1 Å². The Hall–Kier alpha value is -2.05. The molecule has 2 heterocycles. The van der Waals surface area contributed by atoms with Gasteiger partial charge >= 0.3 is 6.18 Å². The first-order chi connectivity index (χ1) is 9.86. The summed E-state index contributed by atoms with van der Waals surface area (Å²) in [5.74, 6) is 0.698. The summed E-state index contributed by atoms with van der Waals surface area (Å²) < 4.78 is 41.1. The van der Waals surface area contributed by atoms with E-state index in [1.165, 1.54) is 6.07 Å². The molecule has 0 bridgehead atoms. The highest BCUT2D eigenvalue weighted by molar-refractivity contribution is 5.34. The summed E-state index contributed by atoms with van der Waals surface area (Å²) >= 11 is 0. The van der Waals surface area contributed by atoms with Crippen molar-refractivity contribution < 1.29 is 13.2 Å². The number of alkyl halides is 3. The van der Waals surface area contributed by atoms with Gasteiger partial charge in [-0.25, -0.2) is 4.68 Å². The summed E-state index contributed by atoms with van der Waals surface area (Å²) in [6.45, 7) is 2.31. The Morgan fingerprint density at radius 1 is 1.29 bits per heavy atom. The van der Waals surface area contributed by atoms with Gasteiger partial charge in [-0.05, 0) is 17.5 Å². The normalized spacial score (nSPS) is 22.1. The molecular formula is C14H15F3N4. The first-order valence-corrected chi connectivity index (χ1v) is 6.71. The molecule has 2 atom stereocenters. The van der Waals surface area contributed by atoms with Crippen LogP contribution in [-0.4, -0.2) is 14.8 Å². The number of nitrogens with zero attached hydrogens (tertiary/aromatic N) is 3. The van der Waals surface area contributed by atoms with E-state index in [-0.39, 0.29) is 17.8 Å². The number of aromatic nitrogens is 3. The number of halogens is 3.